The molecule has 7 nitrogen and oxygen atoms in total. The van der Waals surface area contributed by atoms with Crippen molar-refractivity contribution in [1.29, 1.82) is 0 Å². The summed E-state index contributed by atoms with van der Waals surface area (Å²) in [4.78, 5) is 27.4. The maximum absolute atomic E-state index is 12.2. The zero-order valence-corrected chi connectivity index (χ0v) is 11.5. The molecule has 1 fully saturated rings. The molecule has 3 heterocycles. The molecule has 108 valence electrons. The third kappa shape index (κ3) is 2.91. The first-order chi connectivity index (χ1) is 10.1. The second-order valence-corrected chi connectivity index (χ2v) is 5.04. The second kappa shape index (κ2) is 5.35. The number of aromatic nitrogens is 3. The van der Waals surface area contributed by atoms with Gasteiger partial charge in [-0.05, 0) is 6.07 Å². The van der Waals surface area contributed by atoms with Crippen LogP contribution in [0.3, 0.4) is 0 Å². The SMILES string of the molecule is Cn1cc(-c2cncc(C(=O)NC3CNC(=O)C3)c2)cn1. The average Bonchev–Trinajstić information content (AvgIpc) is 3.08. The highest BCUT2D eigenvalue weighted by atomic mass is 16.2. The number of pyridine rings is 1. The average molecular weight is 285 g/mol. The molecule has 2 amide bonds. The van der Waals surface area contributed by atoms with Crippen molar-refractivity contribution >= 4 is 11.8 Å². The molecule has 3 rings (SSSR count). The summed E-state index contributed by atoms with van der Waals surface area (Å²) in [6, 6.07) is 1.61. The standard InChI is InChI=1S/C14H15N5O2/c1-19-8-11(6-17-19)9-2-10(5-15-4-9)14(21)18-12-3-13(20)16-7-12/h2,4-6,8,12H,3,7H2,1H3,(H,16,20)(H,18,21). The lowest BCUT2D eigenvalue weighted by Crippen LogP contribution is -2.36. The van der Waals surface area contributed by atoms with Crippen LogP contribution in [0.1, 0.15) is 16.8 Å². The molecule has 0 bridgehead atoms. The molecule has 1 saturated heterocycles. The summed E-state index contributed by atoms with van der Waals surface area (Å²) >= 11 is 0. The number of aryl methyl sites for hydroxylation is 1. The van der Waals surface area contributed by atoms with Crippen LogP contribution in [0.4, 0.5) is 0 Å². The zero-order valence-electron chi connectivity index (χ0n) is 11.5. The Labute approximate surface area is 121 Å². The number of carbonyl (C=O) groups is 2. The highest BCUT2D eigenvalue weighted by Crippen LogP contribution is 2.18. The number of carbonyl (C=O) groups excluding carboxylic acids is 2. The summed E-state index contributed by atoms with van der Waals surface area (Å²) in [6.07, 6.45) is 7.10. The van der Waals surface area contributed by atoms with Crippen LogP contribution in [-0.2, 0) is 11.8 Å². The third-order valence-corrected chi connectivity index (χ3v) is 3.35. The summed E-state index contributed by atoms with van der Waals surface area (Å²) in [5, 5.41) is 9.61. The van der Waals surface area contributed by atoms with E-state index in [0.29, 0.717) is 18.5 Å². The van der Waals surface area contributed by atoms with Gasteiger partial charge in [0.15, 0.2) is 0 Å². The van der Waals surface area contributed by atoms with E-state index in [1.807, 2.05) is 13.2 Å². The number of rotatable bonds is 3. The number of hydrogen-bond donors (Lipinski definition) is 2. The van der Waals surface area contributed by atoms with Crippen LogP contribution in [-0.4, -0.2) is 39.2 Å². The van der Waals surface area contributed by atoms with Gasteiger partial charge in [-0.25, -0.2) is 0 Å². The van der Waals surface area contributed by atoms with Crippen molar-refractivity contribution in [3.8, 4) is 11.1 Å². The van der Waals surface area contributed by atoms with Gasteiger partial charge in [-0.2, -0.15) is 5.10 Å². The van der Waals surface area contributed by atoms with Gasteiger partial charge in [0, 0.05) is 49.7 Å². The predicted octanol–water partition coefficient (Wildman–Crippen LogP) is 0.100. The van der Waals surface area contributed by atoms with Crippen molar-refractivity contribution in [2.75, 3.05) is 6.54 Å². The van der Waals surface area contributed by atoms with E-state index >= 15 is 0 Å². The Morgan fingerprint density at radius 1 is 1.38 bits per heavy atom. The quantitative estimate of drug-likeness (QED) is 0.837. The van der Waals surface area contributed by atoms with Gasteiger partial charge in [-0.1, -0.05) is 0 Å². The molecule has 2 aromatic rings. The molecule has 1 aliphatic heterocycles. The minimum atomic E-state index is -0.227. The maximum atomic E-state index is 12.2. The van der Waals surface area contributed by atoms with Crippen LogP contribution in [0, 0.1) is 0 Å². The Morgan fingerprint density at radius 2 is 2.24 bits per heavy atom. The van der Waals surface area contributed by atoms with Gasteiger partial charge in [0.1, 0.15) is 0 Å². The van der Waals surface area contributed by atoms with E-state index in [9.17, 15) is 9.59 Å². The second-order valence-electron chi connectivity index (χ2n) is 5.04. The number of nitrogens with zero attached hydrogens (tertiary/aromatic N) is 3. The fourth-order valence-corrected chi connectivity index (χ4v) is 2.27. The summed E-state index contributed by atoms with van der Waals surface area (Å²) in [5.74, 6) is -0.266. The fourth-order valence-electron chi connectivity index (χ4n) is 2.27. The molecule has 1 atom stereocenters. The maximum Gasteiger partial charge on any atom is 0.253 e. The Kier molecular flexibility index (Phi) is 3.39. The van der Waals surface area contributed by atoms with Crippen molar-refractivity contribution < 1.29 is 9.59 Å². The number of nitrogens with one attached hydrogen (secondary N) is 2. The molecule has 2 aromatic heterocycles. The molecule has 0 aliphatic carbocycles. The minimum absolute atomic E-state index is 0.0393. The van der Waals surface area contributed by atoms with E-state index in [0.717, 1.165) is 11.1 Å². The molecule has 7 heteroatoms. The van der Waals surface area contributed by atoms with Crippen molar-refractivity contribution in [1.82, 2.24) is 25.4 Å². The van der Waals surface area contributed by atoms with Crippen LogP contribution in [0.25, 0.3) is 11.1 Å². The topological polar surface area (TPSA) is 88.9 Å². The molecule has 21 heavy (non-hydrogen) atoms. The smallest absolute Gasteiger partial charge is 0.253 e. The molecule has 0 aromatic carbocycles. The normalized spacial score (nSPS) is 17.6. The van der Waals surface area contributed by atoms with Gasteiger partial charge in [0.05, 0.1) is 17.8 Å². The highest BCUT2D eigenvalue weighted by molar-refractivity contribution is 5.95. The van der Waals surface area contributed by atoms with Gasteiger partial charge in [-0.3, -0.25) is 19.3 Å². The Hall–Kier alpha value is -2.70. The van der Waals surface area contributed by atoms with Gasteiger partial charge in [0.2, 0.25) is 5.91 Å². The van der Waals surface area contributed by atoms with E-state index in [-0.39, 0.29) is 17.9 Å². The van der Waals surface area contributed by atoms with E-state index in [4.69, 9.17) is 0 Å². The molecule has 0 spiro atoms. The lowest BCUT2D eigenvalue weighted by Gasteiger charge is -2.10. The first-order valence-electron chi connectivity index (χ1n) is 6.63. The summed E-state index contributed by atoms with van der Waals surface area (Å²) in [6.45, 7) is 0.473. The van der Waals surface area contributed by atoms with Gasteiger partial charge in [-0.15, -0.1) is 0 Å². The Morgan fingerprint density at radius 3 is 2.90 bits per heavy atom. The van der Waals surface area contributed by atoms with E-state index in [1.165, 1.54) is 6.20 Å². The highest BCUT2D eigenvalue weighted by Gasteiger charge is 2.23. The van der Waals surface area contributed by atoms with E-state index in [1.54, 1.807) is 23.1 Å². The zero-order chi connectivity index (χ0) is 14.8. The monoisotopic (exact) mass is 285 g/mol. The fraction of sp³-hybridized carbons (Fsp3) is 0.286. The summed E-state index contributed by atoms with van der Waals surface area (Å²) in [5.41, 5.74) is 2.20. The van der Waals surface area contributed by atoms with E-state index in [2.05, 4.69) is 20.7 Å². The first kappa shape index (κ1) is 13.3. The molecule has 0 radical (unpaired) electrons. The van der Waals surface area contributed by atoms with Crippen molar-refractivity contribution in [2.24, 2.45) is 7.05 Å². The summed E-state index contributed by atoms with van der Waals surface area (Å²) in [7, 11) is 1.83. The lowest BCUT2D eigenvalue weighted by molar-refractivity contribution is -0.119. The molecule has 2 N–H and O–H groups in total. The van der Waals surface area contributed by atoms with Gasteiger partial charge >= 0.3 is 0 Å². The molecular formula is C14H15N5O2. The predicted molar refractivity (Wildman–Crippen MR) is 75.3 cm³/mol. The van der Waals surface area contributed by atoms with Crippen LogP contribution < -0.4 is 10.6 Å². The van der Waals surface area contributed by atoms with Crippen LogP contribution >= 0.6 is 0 Å². The Bertz CT molecular complexity index is 694. The van der Waals surface area contributed by atoms with E-state index < -0.39 is 0 Å². The van der Waals surface area contributed by atoms with Crippen molar-refractivity contribution in [3.05, 3.63) is 36.4 Å². The largest absolute Gasteiger partial charge is 0.354 e. The van der Waals surface area contributed by atoms with Crippen molar-refractivity contribution in [3.63, 3.8) is 0 Å². The molecule has 0 saturated carbocycles. The molecule has 1 unspecified atom stereocenters. The summed E-state index contributed by atoms with van der Waals surface area (Å²) < 4.78 is 1.69. The van der Waals surface area contributed by atoms with Gasteiger partial charge < -0.3 is 10.6 Å². The first-order valence-corrected chi connectivity index (χ1v) is 6.63. The third-order valence-electron chi connectivity index (χ3n) is 3.35. The van der Waals surface area contributed by atoms with Gasteiger partial charge in [0.25, 0.3) is 5.91 Å². The molecular weight excluding hydrogens is 270 g/mol. The molecule has 1 aliphatic rings. The van der Waals surface area contributed by atoms with Crippen LogP contribution in [0.15, 0.2) is 30.9 Å². The van der Waals surface area contributed by atoms with Crippen molar-refractivity contribution in [2.45, 2.75) is 12.5 Å². The Balaban J connectivity index is 1.76. The number of amides is 2. The number of hydrogen-bond acceptors (Lipinski definition) is 4. The van der Waals surface area contributed by atoms with Crippen LogP contribution in [0.2, 0.25) is 0 Å². The minimum Gasteiger partial charge on any atom is -0.354 e. The van der Waals surface area contributed by atoms with Crippen LogP contribution in [0.5, 0.6) is 0 Å². The lowest BCUT2D eigenvalue weighted by atomic mass is 10.1.